The van der Waals surface area contributed by atoms with E-state index in [0.717, 1.165) is 21.9 Å². The predicted octanol–water partition coefficient (Wildman–Crippen LogP) is 3.92. The molecule has 0 unspecified atom stereocenters. The maximum Gasteiger partial charge on any atom is 0.141 e. The molecular weight excluding hydrogens is 380 g/mol. The Hall–Kier alpha value is -2.77. The van der Waals surface area contributed by atoms with Gasteiger partial charge in [-0.3, -0.25) is 0 Å². The number of nitrogens with one attached hydrogen (secondary N) is 1. The van der Waals surface area contributed by atoms with Crippen LogP contribution in [0.5, 0.6) is 11.5 Å². The highest BCUT2D eigenvalue weighted by Gasteiger charge is 2.19. The number of nitrogens with zero attached hydrogens (tertiary/aromatic N) is 2. The molecule has 0 amide bonds. The average molecular weight is 403 g/mol. The van der Waals surface area contributed by atoms with Crippen molar-refractivity contribution in [3.05, 3.63) is 35.0 Å². The highest BCUT2D eigenvalue weighted by Crippen LogP contribution is 2.43. The third kappa shape index (κ3) is 3.76. The van der Waals surface area contributed by atoms with Crippen molar-refractivity contribution in [3.63, 3.8) is 0 Å². The lowest BCUT2D eigenvalue weighted by Gasteiger charge is -2.17. The molecule has 0 bridgehead atoms. The minimum Gasteiger partial charge on any atom is -0.496 e. The number of hydrogen-bond donors (Lipinski definition) is 2. The molecule has 7 nitrogen and oxygen atoms in total. The number of nitrogens with two attached hydrogens (primary N) is 1. The summed E-state index contributed by atoms with van der Waals surface area (Å²) >= 11 is 6.64. The van der Waals surface area contributed by atoms with Crippen molar-refractivity contribution in [3.8, 4) is 22.8 Å². The van der Waals surface area contributed by atoms with E-state index < -0.39 is 0 Å². The van der Waals surface area contributed by atoms with Crippen LogP contribution in [-0.4, -0.2) is 44.4 Å². The smallest absolute Gasteiger partial charge is 0.141 e. The number of halogens is 1. The fourth-order valence-electron chi connectivity index (χ4n) is 3.06. The van der Waals surface area contributed by atoms with Crippen LogP contribution in [0.25, 0.3) is 22.0 Å². The van der Waals surface area contributed by atoms with Gasteiger partial charge in [0, 0.05) is 47.8 Å². The molecule has 28 heavy (non-hydrogen) atoms. The summed E-state index contributed by atoms with van der Waals surface area (Å²) in [6.07, 6.45) is 1.72. The molecule has 0 saturated heterocycles. The van der Waals surface area contributed by atoms with Crippen molar-refractivity contribution in [1.82, 2.24) is 9.97 Å². The van der Waals surface area contributed by atoms with Gasteiger partial charge in [0.25, 0.3) is 0 Å². The third-order valence-corrected chi connectivity index (χ3v) is 4.85. The van der Waals surface area contributed by atoms with Gasteiger partial charge in [0.15, 0.2) is 0 Å². The SMILES string of the molecule is COCCNc1nc(-c2c(C)c(OC)cc(OC)c2Cl)cc2cnc(N)cc12. The summed E-state index contributed by atoms with van der Waals surface area (Å²) < 4.78 is 16.0. The molecular formula is C20H23ClN4O3. The Kier molecular flexibility index (Phi) is 6.06. The summed E-state index contributed by atoms with van der Waals surface area (Å²) in [5, 5.41) is 5.53. The van der Waals surface area contributed by atoms with Crippen LogP contribution >= 0.6 is 11.6 Å². The van der Waals surface area contributed by atoms with Crippen molar-refractivity contribution in [1.29, 1.82) is 0 Å². The summed E-state index contributed by atoms with van der Waals surface area (Å²) in [5.74, 6) is 2.29. The first-order chi connectivity index (χ1) is 13.5. The van der Waals surface area contributed by atoms with Crippen molar-refractivity contribution >= 4 is 34.0 Å². The van der Waals surface area contributed by atoms with Gasteiger partial charge in [-0.05, 0) is 19.1 Å². The van der Waals surface area contributed by atoms with Gasteiger partial charge in [0.05, 0.1) is 31.5 Å². The molecule has 0 radical (unpaired) electrons. The van der Waals surface area contributed by atoms with Crippen LogP contribution in [0.4, 0.5) is 11.6 Å². The van der Waals surface area contributed by atoms with E-state index in [0.29, 0.717) is 47.0 Å². The molecule has 3 aromatic rings. The van der Waals surface area contributed by atoms with Crippen LogP contribution in [0.15, 0.2) is 24.4 Å². The van der Waals surface area contributed by atoms with Gasteiger partial charge >= 0.3 is 0 Å². The average Bonchev–Trinajstić information content (AvgIpc) is 2.69. The first-order valence-corrected chi connectivity index (χ1v) is 9.08. The Bertz CT molecular complexity index is 982. The Labute approximate surface area is 168 Å². The van der Waals surface area contributed by atoms with E-state index in [1.807, 2.05) is 13.0 Å². The Morgan fingerprint density at radius 1 is 1.11 bits per heavy atom. The Balaban J connectivity index is 2.25. The zero-order chi connectivity index (χ0) is 20.3. The summed E-state index contributed by atoms with van der Waals surface area (Å²) in [6.45, 7) is 3.07. The number of rotatable bonds is 7. The molecule has 0 aliphatic carbocycles. The molecule has 148 valence electrons. The zero-order valence-corrected chi connectivity index (χ0v) is 17.1. The lowest BCUT2D eigenvalue weighted by atomic mass is 10.0. The molecule has 8 heteroatoms. The largest absolute Gasteiger partial charge is 0.496 e. The number of aromatic nitrogens is 2. The molecule has 0 saturated carbocycles. The second-order valence-corrected chi connectivity index (χ2v) is 6.58. The molecule has 3 N–H and O–H groups in total. The minimum atomic E-state index is 0.425. The second kappa shape index (κ2) is 8.50. The van der Waals surface area contributed by atoms with E-state index >= 15 is 0 Å². The van der Waals surface area contributed by atoms with E-state index in [4.69, 9.17) is 36.5 Å². The fourth-order valence-corrected chi connectivity index (χ4v) is 3.43. The first kappa shape index (κ1) is 20.0. The number of methoxy groups -OCH3 is 3. The normalized spacial score (nSPS) is 10.9. The summed E-state index contributed by atoms with van der Waals surface area (Å²) in [5.41, 5.74) is 8.16. The monoisotopic (exact) mass is 402 g/mol. The van der Waals surface area contributed by atoms with E-state index in [1.54, 1.807) is 39.7 Å². The Morgan fingerprint density at radius 3 is 2.54 bits per heavy atom. The predicted molar refractivity (Wildman–Crippen MR) is 113 cm³/mol. The van der Waals surface area contributed by atoms with Crippen LogP contribution < -0.4 is 20.5 Å². The fraction of sp³-hybridized carbons (Fsp3) is 0.300. The van der Waals surface area contributed by atoms with E-state index in [2.05, 4.69) is 10.3 Å². The minimum absolute atomic E-state index is 0.425. The van der Waals surface area contributed by atoms with E-state index in [9.17, 15) is 0 Å². The number of benzene rings is 1. The van der Waals surface area contributed by atoms with Crippen molar-refractivity contribution in [2.45, 2.75) is 6.92 Å². The number of anilines is 2. The highest BCUT2D eigenvalue weighted by molar-refractivity contribution is 6.35. The molecule has 0 aliphatic rings. The molecule has 1 aromatic carbocycles. The van der Waals surface area contributed by atoms with Gasteiger partial charge in [-0.25, -0.2) is 9.97 Å². The first-order valence-electron chi connectivity index (χ1n) is 8.70. The van der Waals surface area contributed by atoms with Gasteiger partial charge in [0.1, 0.15) is 23.1 Å². The van der Waals surface area contributed by atoms with E-state index in [1.165, 1.54) is 0 Å². The van der Waals surface area contributed by atoms with Gasteiger partial charge in [-0.15, -0.1) is 0 Å². The lowest BCUT2D eigenvalue weighted by molar-refractivity contribution is 0.210. The Morgan fingerprint density at radius 2 is 1.86 bits per heavy atom. The maximum absolute atomic E-state index is 6.64. The quantitative estimate of drug-likeness (QED) is 0.578. The summed E-state index contributed by atoms with van der Waals surface area (Å²) in [4.78, 5) is 9.02. The van der Waals surface area contributed by atoms with Crippen LogP contribution in [0.2, 0.25) is 5.02 Å². The number of pyridine rings is 2. The van der Waals surface area contributed by atoms with Gasteiger partial charge < -0.3 is 25.3 Å². The molecule has 0 fully saturated rings. The van der Waals surface area contributed by atoms with E-state index in [-0.39, 0.29) is 0 Å². The number of ether oxygens (including phenoxy) is 3. The molecule has 0 atom stereocenters. The van der Waals surface area contributed by atoms with Gasteiger partial charge in [0.2, 0.25) is 0 Å². The van der Waals surface area contributed by atoms with Crippen LogP contribution in [-0.2, 0) is 4.74 Å². The van der Waals surface area contributed by atoms with Crippen LogP contribution in [0, 0.1) is 6.92 Å². The molecule has 3 rings (SSSR count). The van der Waals surface area contributed by atoms with Crippen LogP contribution in [0.3, 0.4) is 0 Å². The number of hydrogen-bond acceptors (Lipinski definition) is 7. The standard InChI is InChI=1S/C20H23ClN4O3/c1-11-15(27-3)9-16(28-4)19(21)18(11)14-7-12-10-24-17(22)8-13(12)20(25-14)23-5-6-26-2/h7-10H,5-6H2,1-4H3,(H2,22,24)(H,23,25). The molecule has 0 aliphatic heterocycles. The number of fused-ring (bicyclic) bond motifs is 1. The number of nitrogen functional groups attached to an aromatic ring is 1. The molecule has 2 aromatic heterocycles. The molecule has 2 heterocycles. The maximum atomic E-state index is 6.64. The zero-order valence-electron chi connectivity index (χ0n) is 16.3. The molecule has 0 spiro atoms. The summed E-state index contributed by atoms with van der Waals surface area (Å²) in [6, 6.07) is 5.49. The second-order valence-electron chi connectivity index (χ2n) is 6.20. The van der Waals surface area contributed by atoms with Gasteiger partial charge in [-0.1, -0.05) is 11.6 Å². The third-order valence-electron chi connectivity index (χ3n) is 4.47. The lowest BCUT2D eigenvalue weighted by Crippen LogP contribution is -2.10. The van der Waals surface area contributed by atoms with Crippen molar-refractivity contribution in [2.75, 3.05) is 45.5 Å². The topological polar surface area (TPSA) is 91.5 Å². The van der Waals surface area contributed by atoms with Crippen molar-refractivity contribution in [2.24, 2.45) is 0 Å². The van der Waals surface area contributed by atoms with Gasteiger partial charge in [-0.2, -0.15) is 0 Å². The highest BCUT2D eigenvalue weighted by atomic mass is 35.5. The summed E-state index contributed by atoms with van der Waals surface area (Å²) in [7, 11) is 4.83. The van der Waals surface area contributed by atoms with Crippen LogP contribution in [0.1, 0.15) is 5.56 Å². The van der Waals surface area contributed by atoms with Crippen molar-refractivity contribution < 1.29 is 14.2 Å².